The van der Waals surface area contributed by atoms with Crippen molar-refractivity contribution in [1.29, 1.82) is 0 Å². The van der Waals surface area contributed by atoms with Crippen LogP contribution in [0.3, 0.4) is 0 Å². The van der Waals surface area contributed by atoms with Crippen LogP contribution in [0.15, 0.2) is 6.33 Å². The lowest BCUT2D eigenvalue weighted by atomic mass is 10.4. The summed E-state index contributed by atoms with van der Waals surface area (Å²) >= 11 is 5.98. The van der Waals surface area contributed by atoms with Gasteiger partial charge >= 0.3 is 0 Å². The molecular weight excluding hydrogens is 188 g/mol. The van der Waals surface area contributed by atoms with E-state index in [1.807, 2.05) is 0 Å². The van der Waals surface area contributed by atoms with Gasteiger partial charge in [0, 0.05) is 13.1 Å². The fraction of sp³-hybridized carbons (Fsp3) is 0.500. The highest BCUT2D eigenvalue weighted by molar-refractivity contribution is 6.35. The average molecular weight is 199 g/mol. The van der Waals surface area contributed by atoms with E-state index in [4.69, 9.17) is 17.3 Å². The summed E-state index contributed by atoms with van der Waals surface area (Å²) in [6.45, 7) is 2.02. The molecule has 1 fully saturated rings. The number of nitrogens with two attached hydrogens (primary N) is 1. The molecule has 0 bridgehead atoms. The van der Waals surface area contributed by atoms with Gasteiger partial charge in [-0.05, 0) is 12.8 Å². The Balaban J connectivity index is 2.33. The van der Waals surface area contributed by atoms with E-state index in [1.165, 1.54) is 19.2 Å². The van der Waals surface area contributed by atoms with Gasteiger partial charge in [-0.15, -0.1) is 0 Å². The molecule has 0 aliphatic carbocycles. The molecule has 1 aliphatic rings. The maximum absolute atomic E-state index is 5.98. The third-order valence-corrected chi connectivity index (χ3v) is 2.57. The summed E-state index contributed by atoms with van der Waals surface area (Å²) in [6, 6.07) is 0. The van der Waals surface area contributed by atoms with Crippen LogP contribution in [0.4, 0.5) is 11.6 Å². The molecule has 2 rings (SSSR count). The Hall–Kier alpha value is -1.03. The lowest BCUT2D eigenvalue weighted by Gasteiger charge is -2.17. The molecule has 0 unspecified atom stereocenters. The normalized spacial score (nSPS) is 16.5. The second kappa shape index (κ2) is 3.38. The molecule has 13 heavy (non-hydrogen) atoms. The zero-order valence-electron chi connectivity index (χ0n) is 7.20. The SMILES string of the molecule is Nc1ncnc(N2CCCC2)c1Cl. The molecule has 0 atom stereocenters. The monoisotopic (exact) mass is 198 g/mol. The third-order valence-electron chi connectivity index (χ3n) is 2.20. The summed E-state index contributed by atoms with van der Waals surface area (Å²) in [5.41, 5.74) is 5.58. The van der Waals surface area contributed by atoms with E-state index in [9.17, 15) is 0 Å². The number of nitrogen functional groups attached to an aromatic ring is 1. The molecule has 0 saturated carbocycles. The van der Waals surface area contributed by atoms with Gasteiger partial charge < -0.3 is 10.6 Å². The van der Waals surface area contributed by atoms with Crippen molar-refractivity contribution in [2.24, 2.45) is 0 Å². The van der Waals surface area contributed by atoms with Gasteiger partial charge in [-0.1, -0.05) is 11.6 Å². The van der Waals surface area contributed by atoms with E-state index in [0.29, 0.717) is 10.8 Å². The van der Waals surface area contributed by atoms with Crippen LogP contribution in [-0.4, -0.2) is 23.1 Å². The highest BCUT2D eigenvalue weighted by Crippen LogP contribution is 2.28. The van der Waals surface area contributed by atoms with Crippen LogP contribution in [0, 0.1) is 0 Å². The first kappa shape index (κ1) is 8.56. The molecule has 1 saturated heterocycles. The maximum Gasteiger partial charge on any atom is 0.153 e. The van der Waals surface area contributed by atoms with Crippen molar-refractivity contribution in [2.45, 2.75) is 12.8 Å². The summed E-state index contributed by atoms with van der Waals surface area (Å²) in [4.78, 5) is 10.1. The lowest BCUT2D eigenvalue weighted by Crippen LogP contribution is -2.19. The molecule has 0 spiro atoms. The third kappa shape index (κ3) is 1.54. The quantitative estimate of drug-likeness (QED) is 0.740. The number of aromatic nitrogens is 2. The fourth-order valence-corrected chi connectivity index (χ4v) is 1.74. The molecule has 1 aliphatic heterocycles. The Kier molecular flexibility index (Phi) is 2.22. The first-order valence-corrected chi connectivity index (χ1v) is 4.68. The van der Waals surface area contributed by atoms with E-state index >= 15 is 0 Å². The van der Waals surface area contributed by atoms with Crippen molar-refractivity contribution in [1.82, 2.24) is 9.97 Å². The van der Waals surface area contributed by atoms with E-state index in [2.05, 4.69) is 14.9 Å². The van der Waals surface area contributed by atoms with Crippen LogP contribution in [0.1, 0.15) is 12.8 Å². The number of rotatable bonds is 1. The molecule has 0 aromatic carbocycles. The maximum atomic E-state index is 5.98. The van der Waals surface area contributed by atoms with Crippen molar-refractivity contribution < 1.29 is 0 Å². The summed E-state index contributed by atoms with van der Waals surface area (Å²) in [6.07, 6.45) is 3.84. The van der Waals surface area contributed by atoms with Crippen LogP contribution < -0.4 is 10.6 Å². The molecule has 1 aromatic rings. The van der Waals surface area contributed by atoms with Crippen LogP contribution in [0.2, 0.25) is 5.02 Å². The van der Waals surface area contributed by atoms with Gasteiger partial charge in [-0.2, -0.15) is 0 Å². The highest BCUT2D eigenvalue weighted by Gasteiger charge is 2.17. The largest absolute Gasteiger partial charge is 0.382 e. The molecule has 5 heteroatoms. The molecule has 0 amide bonds. The first-order valence-electron chi connectivity index (χ1n) is 4.30. The van der Waals surface area contributed by atoms with Gasteiger partial charge in [0.05, 0.1) is 0 Å². The minimum atomic E-state index is 0.360. The molecule has 2 N–H and O–H groups in total. The molecular formula is C8H11ClN4. The van der Waals surface area contributed by atoms with Crippen LogP contribution in [0.5, 0.6) is 0 Å². The number of anilines is 2. The summed E-state index contributed by atoms with van der Waals surface area (Å²) < 4.78 is 0. The van der Waals surface area contributed by atoms with Gasteiger partial charge in [0.15, 0.2) is 5.82 Å². The second-order valence-corrected chi connectivity index (χ2v) is 3.47. The number of nitrogens with zero attached hydrogens (tertiary/aromatic N) is 3. The van der Waals surface area contributed by atoms with Gasteiger partial charge in [0.2, 0.25) is 0 Å². The smallest absolute Gasteiger partial charge is 0.153 e. The summed E-state index contributed by atoms with van der Waals surface area (Å²) in [5, 5.41) is 0.476. The zero-order chi connectivity index (χ0) is 9.26. The van der Waals surface area contributed by atoms with E-state index < -0.39 is 0 Å². The van der Waals surface area contributed by atoms with Crippen molar-refractivity contribution in [3.05, 3.63) is 11.3 Å². The molecule has 1 aromatic heterocycles. The standard InChI is InChI=1S/C8H11ClN4/c9-6-7(10)11-5-12-8(6)13-3-1-2-4-13/h5H,1-4H2,(H2,10,11,12). The summed E-state index contributed by atoms with van der Waals surface area (Å²) in [7, 11) is 0. The van der Waals surface area contributed by atoms with Gasteiger partial charge in [0.25, 0.3) is 0 Å². The average Bonchev–Trinajstić information content (AvgIpc) is 2.62. The second-order valence-electron chi connectivity index (χ2n) is 3.09. The van der Waals surface area contributed by atoms with Crippen molar-refractivity contribution in [3.63, 3.8) is 0 Å². The number of halogens is 1. The number of hydrogen-bond acceptors (Lipinski definition) is 4. The Morgan fingerprint density at radius 2 is 2.00 bits per heavy atom. The predicted octanol–water partition coefficient (Wildman–Crippen LogP) is 1.31. The van der Waals surface area contributed by atoms with Crippen molar-refractivity contribution in [3.8, 4) is 0 Å². The van der Waals surface area contributed by atoms with Gasteiger partial charge in [0.1, 0.15) is 17.2 Å². The molecule has 70 valence electrons. The van der Waals surface area contributed by atoms with Crippen molar-refractivity contribution >= 4 is 23.2 Å². The Morgan fingerprint density at radius 3 is 2.69 bits per heavy atom. The highest BCUT2D eigenvalue weighted by atomic mass is 35.5. The van der Waals surface area contributed by atoms with Gasteiger partial charge in [-0.3, -0.25) is 0 Å². The van der Waals surface area contributed by atoms with E-state index in [-0.39, 0.29) is 0 Å². The first-order chi connectivity index (χ1) is 6.29. The van der Waals surface area contributed by atoms with E-state index in [0.717, 1.165) is 18.9 Å². The fourth-order valence-electron chi connectivity index (χ4n) is 1.52. The minimum Gasteiger partial charge on any atom is -0.382 e. The van der Waals surface area contributed by atoms with Crippen molar-refractivity contribution in [2.75, 3.05) is 23.7 Å². The number of hydrogen-bond donors (Lipinski definition) is 1. The lowest BCUT2D eigenvalue weighted by molar-refractivity contribution is 0.929. The van der Waals surface area contributed by atoms with Crippen LogP contribution >= 0.6 is 11.6 Å². The molecule has 2 heterocycles. The topological polar surface area (TPSA) is 55.0 Å². The Bertz CT molecular complexity index is 309. The Labute approximate surface area is 81.7 Å². The van der Waals surface area contributed by atoms with E-state index in [1.54, 1.807) is 0 Å². The predicted molar refractivity (Wildman–Crippen MR) is 52.9 cm³/mol. The summed E-state index contributed by atoms with van der Waals surface area (Å²) in [5.74, 6) is 1.13. The molecule has 4 nitrogen and oxygen atoms in total. The van der Waals surface area contributed by atoms with Gasteiger partial charge in [-0.25, -0.2) is 9.97 Å². The molecule has 0 radical (unpaired) electrons. The Morgan fingerprint density at radius 1 is 1.31 bits per heavy atom. The zero-order valence-corrected chi connectivity index (χ0v) is 7.96. The van der Waals surface area contributed by atoms with Crippen LogP contribution in [-0.2, 0) is 0 Å². The van der Waals surface area contributed by atoms with Crippen LogP contribution in [0.25, 0.3) is 0 Å². The minimum absolute atomic E-state index is 0.360.